The van der Waals surface area contributed by atoms with E-state index < -0.39 is 6.10 Å². The number of aromatic nitrogens is 1. The lowest BCUT2D eigenvalue weighted by Crippen LogP contribution is -2.15. The molecule has 1 atom stereocenters. The van der Waals surface area contributed by atoms with Gasteiger partial charge in [0.1, 0.15) is 0 Å². The van der Waals surface area contributed by atoms with Gasteiger partial charge in [0.05, 0.1) is 17.3 Å². The summed E-state index contributed by atoms with van der Waals surface area (Å²) in [6.07, 6.45) is 0.987. The van der Waals surface area contributed by atoms with Gasteiger partial charge < -0.3 is 10.4 Å². The van der Waals surface area contributed by atoms with Crippen LogP contribution in [0.3, 0.4) is 0 Å². The molecule has 0 aliphatic heterocycles. The third-order valence-electron chi connectivity index (χ3n) is 5.41. The molecule has 4 aromatic rings. The average Bonchev–Trinajstić information content (AvgIpc) is 2.82. The van der Waals surface area contributed by atoms with E-state index in [2.05, 4.69) is 35.6 Å². The Bertz CT molecular complexity index is 1170. The lowest BCUT2D eigenvalue weighted by Gasteiger charge is -2.13. The van der Waals surface area contributed by atoms with Crippen LogP contribution in [-0.2, 0) is 4.79 Å². The van der Waals surface area contributed by atoms with Crippen molar-refractivity contribution in [2.24, 2.45) is 0 Å². The van der Waals surface area contributed by atoms with Gasteiger partial charge in [-0.2, -0.15) is 0 Å². The summed E-state index contributed by atoms with van der Waals surface area (Å²) in [6.45, 7) is 1.91. The summed E-state index contributed by atoms with van der Waals surface area (Å²) in [5.74, 6) is -0.0935. The second-order valence-electron chi connectivity index (χ2n) is 7.67. The topological polar surface area (TPSA) is 62.2 Å². The molecule has 2 N–H and O–H groups in total. The highest BCUT2D eigenvalue weighted by Gasteiger charge is 2.12. The van der Waals surface area contributed by atoms with E-state index in [4.69, 9.17) is 4.98 Å². The van der Waals surface area contributed by atoms with Crippen molar-refractivity contribution in [1.82, 2.24) is 4.98 Å². The molecule has 0 bridgehead atoms. The summed E-state index contributed by atoms with van der Waals surface area (Å²) in [7, 11) is 0. The Hall–Kier alpha value is -3.50. The highest BCUT2D eigenvalue weighted by Crippen LogP contribution is 2.34. The van der Waals surface area contributed by atoms with Crippen LogP contribution in [0.15, 0.2) is 84.9 Å². The molecule has 1 aromatic heterocycles. The van der Waals surface area contributed by atoms with Crippen molar-refractivity contribution in [2.75, 3.05) is 5.32 Å². The van der Waals surface area contributed by atoms with Gasteiger partial charge >= 0.3 is 0 Å². The Morgan fingerprint density at radius 3 is 2.29 bits per heavy atom. The monoisotopic (exact) mass is 410 g/mol. The van der Waals surface area contributed by atoms with Crippen molar-refractivity contribution >= 4 is 22.5 Å². The van der Waals surface area contributed by atoms with Crippen LogP contribution in [0.4, 0.5) is 5.69 Å². The van der Waals surface area contributed by atoms with Crippen LogP contribution in [0.5, 0.6) is 0 Å². The smallest absolute Gasteiger partial charge is 0.224 e. The summed E-state index contributed by atoms with van der Waals surface area (Å²) >= 11 is 0. The number of aliphatic hydroxyl groups is 1. The van der Waals surface area contributed by atoms with Crippen molar-refractivity contribution < 1.29 is 9.90 Å². The fourth-order valence-electron chi connectivity index (χ4n) is 3.63. The maximum Gasteiger partial charge on any atom is 0.224 e. The molecule has 4 nitrogen and oxygen atoms in total. The molecule has 1 amide bonds. The van der Waals surface area contributed by atoms with E-state index in [1.54, 1.807) is 0 Å². The van der Waals surface area contributed by atoms with E-state index in [1.165, 1.54) is 0 Å². The highest BCUT2D eigenvalue weighted by atomic mass is 16.3. The molecule has 0 aliphatic carbocycles. The molecule has 1 unspecified atom stereocenters. The highest BCUT2D eigenvalue weighted by molar-refractivity contribution is 5.96. The molecule has 3 aromatic carbocycles. The molecule has 0 radical (unpaired) electrons. The first-order valence-corrected chi connectivity index (χ1v) is 10.7. The number of nitrogens with one attached hydrogen (secondary N) is 1. The normalized spacial score (nSPS) is 11.9. The molecule has 4 heteroatoms. The van der Waals surface area contributed by atoms with Gasteiger partial charge in [0.15, 0.2) is 0 Å². The summed E-state index contributed by atoms with van der Waals surface area (Å²) < 4.78 is 0. The van der Waals surface area contributed by atoms with Crippen molar-refractivity contribution in [3.05, 3.63) is 84.9 Å². The molecule has 4 rings (SSSR count). The number of carbonyl (C=O) groups excluding carboxylic acids is 1. The van der Waals surface area contributed by atoms with Crippen LogP contribution < -0.4 is 5.32 Å². The first kappa shape index (κ1) is 20.8. The Labute approximate surface area is 182 Å². The summed E-state index contributed by atoms with van der Waals surface area (Å²) in [5, 5.41) is 13.6. The van der Waals surface area contributed by atoms with Crippen molar-refractivity contribution in [2.45, 2.75) is 32.3 Å². The number of pyridine rings is 1. The van der Waals surface area contributed by atoms with Gasteiger partial charge in [-0.3, -0.25) is 4.79 Å². The number of benzene rings is 3. The van der Waals surface area contributed by atoms with Crippen LogP contribution in [0.2, 0.25) is 0 Å². The van der Waals surface area contributed by atoms with Crippen LogP contribution >= 0.6 is 0 Å². The number of aliphatic hydroxyl groups excluding tert-OH is 1. The second-order valence-corrected chi connectivity index (χ2v) is 7.67. The number of fused-ring (bicyclic) bond motifs is 1. The number of hydrogen-bond acceptors (Lipinski definition) is 3. The van der Waals surface area contributed by atoms with Gasteiger partial charge in [0, 0.05) is 28.6 Å². The Balaban J connectivity index is 1.70. The summed E-state index contributed by atoms with van der Waals surface area (Å²) in [5.41, 5.74) is 5.75. The van der Waals surface area contributed by atoms with Crippen LogP contribution in [0, 0.1) is 0 Å². The fourth-order valence-corrected chi connectivity index (χ4v) is 3.63. The molecule has 1 heterocycles. The van der Waals surface area contributed by atoms with E-state index in [-0.39, 0.29) is 5.91 Å². The van der Waals surface area contributed by atoms with Gasteiger partial charge in [-0.05, 0) is 42.7 Å². The van der Waals surface area contributed by atoms with Gasteiger partial charge in [0.25, 0.3) is 0 Å². The molecule has 0 saturated carbocycles. The Kier molecular flexibility index (Phi) is 6.39. The number of anilines is 1. The van der Waals surface area contributed by atoms with Crippen LogP contribution in [0.25, 0.3) is 33.3 Å². The maximum absolute atomic E-state index is 12.3. The van der Waals surface area contributed by atoms with Crippen molar-refractivity contribution in [3.8, 4) is 22.4 Å². The van der Waals surface area contributed by atoms with Crippen LogP contribution in [-0.4, -0.2) is 22.1 Å². The lowest BCUT2D eigenvalue weighted by atomic mass is 9.97. The fraction of sp³-hybridized carbons (Fsp3) is 0.185. The standard InChI is InChI=1S/C27H26N2O2/c1-2-23(30)14-16-26(31)28-22-13-15-25-21(17-22)18-24(19-9-5-3-6-10-19)27(29-25)20-11-7-4-8-12-20/h3-13,15,17-18,23,30H,2,14,16H2,1H3,(H,28,31). The minimum Gasteiger partial charge on any atom is -0.393 e. The van der Waals surface area contributed by atoms with E-state index >= 15 is 0 Å². The predicted octanol–water partition coefficient (Wildman–Crippen LogP) is 6.06. The van der Waals surface area contributed by atoms with Crippen molar-refractivity contribution in [1.29, 1.82) is 0 Å². The zero-order valence-electron chi connectivity index (χ0n) is 17.6. The Morgan fingerprint density at radius 2 is 1.61 bits per heavy atom. The quantitative estimate of drug-likeness (QED) is 0.389. The SMILES string of the molecule is CCC(O)CCC(=O)Nc1ccc2nc(-c3ccccc3)c(-c3ccccc3)cc2c1. The largest absolute Gasteiger partial charge is 0.393 e. The molecular weight excluding hydrogens is 384 g/mol. The molecule has 0 spiro atoms. The maximum atomic E-state index is 12.3. The third kappa shape index (κ3) is 4.98. The molecule has 0 fully saturated rings. The molecule has 156 valence electrons. The second kappa shape index (κ2) is 9.54. The van der Waals surface area contributed by atoms with Crippen molar-refractivity contribution in [3.63, 3.8) is 0 Å². The molecule has 0 saturated heterocycles. The van der Waals surface area contributed by atoms with Gasteiger partial charge in [-0.25, -0.2) is 4.98 Å². The van der Waals surface area contributed by atoms with E-state index in [9.17, 15) is 9.90 Å². The predicted molar refractivity (Wildman–Crippen MR) is 127 cm³/mol. The minimum absolute atomic E-state index is 0.0935. The number of carbonyl (C=O) groups is 1. The lowest BCUT2D eigenvalue weighted by molar-refractivity contribution is -0.116. The van der Waals surface area contributed by atoms with E-state index in [0.29, 0.717) is 19.3 Å². The number of rotatable bonds is 7. The first-order chi connectivity index (χ1) is 15.1. The van der Waals surface area contributed by atoms with Gasteiger partial charge in [0.2, 0.25) is 5.91 Å². The van der Waals surface area contributed by atoms with Crippen LogP contribution in [0.1, 0.15) is 26.2 Å². The zero-order valence-corrected chi connectivity index (χ0v) is 17.6. The molecular formula is C27H26N2O2. The third-order valence-corrected chi connectivity index (χ3v) is 5.41. The molecule has 0 aliphatic rings. The van der Waals surface area contributed by atoms with E-state index in [1.807, 2.05) is 61.5 Å². The first-order valence-electron chi connectivity index (χ1n) is 10.7. The summed E-state index contributed by atoms with van der Waals surface area (Å²) in [6, 6.07) is 28.3. The van der Waals surface area contributed by atoms with Gasteiger partial charge in [-0.1, -0.05) is 67.6 Å². The van der Waals surface area contributed by atoms with E-state index in [0.717, 1.165) is 39.0 Å². The molecule has 31 heavy (non-hydrogen) atoms. The average molecular weight is 411 g/mol. The zero-order chi connectivity index (χ0) is 21.6. The van der Waals surface area contributed by atoms with Gasteiger partial charge in [-0.15, -0.1) is 0 Å². The number of hydrogen-bond donors (Lipinski definition) is 2. The number of nitrogens with zero attached hydrogens (tertiary/aromatic N) is 1. The summed E-state index contributed by atoms with van der Waals surface area (Å²) in [4.78, 5) is 17.2. The minimum atomic E-state index is -0.434. The number of amides is 1. The Morgan fingerprint density at radius 1 is 0.935 bits per heavy atom.